The minimum Gasteiger partial charge on any atom is -0.493 e. The van der Waals surface area contributed by atoms with Gasteiger partial charge in [-0.25, -0.2) is 4.79 Å². The molecular formula is C29H48N6O8S. The van der Waals surface area contributed by atoms with E-state index < -0.39 is 0 Å². The predicted molar refractivity (Wildman–Crippen MR) is 169 cm³/mol. The van der Waals surface area contributed by atoms with Crippen LogP contribution in [0.2, 0.25) is 0 Å². The van der Waals surface area contributed by atoms with E-state index >= 15 is 0 Å². The molecule has 2 heterocycles. The zero-order valence-corrected chi connectivity index (χ0v) is 26.3. The summed E-state index contributed by atoms with van der Waals surface area (Å²) in [6, 6.07) is 3.56. The monoisotopic (exact) mass is 640 g/mol. The number of ether oxygens (including phenoxy) is 5. The molecule has 1 aromatic rings. The highest BCUT2D eigenvalue weighted by Crippen LogP contribution is 2.34. The summed E-state index contributed by atoms with van der Waals surface area (Å²) in [7, 11) is 1.48. The lowest BCUT2D eigenvalue weighted by molar-refractivity contribution is -0.123. The average molecular weight is 641 g/mol. The van der Waals surface area contributed by atoms with Gasteiger partial charge in [0, 0.05) is 42.6 Å². The average Bonchev–Trinajstić information content (AvgIpc) is 3.56. The quantitative estimate of drug-likeness (QED) is 0.0568. The molecule has 2 aliphatic heterocycles. The molecule has 0 aliphatic carbocycles. The van der Waals surface area contributed by atoms with Gasteiger partial charge >= 0.3 is 6.03 Å². The summed E-state index contributed by atoms with van der Waals surface area (Å²) in [6.07, 6.45) is 5.75. The molecule has 14 nitrogen and oxygen atoms in total. The van der Waals surface area contributed by atoms with E-state index in [1.807, 2.05) is 11.8 Å². The lowest BCUT2D eigenvalue weighted by atomic mass is 10.0. The highest BCUT2D eigenvalue weighted by atomic mass is 32.2. The Hall–Kier alpha value is -3.14. The molecule has 3 rings (SSSR count). The number of methoxy groups -OCH3 is 1. The van der Waals surface area contributed by atoms with Crippen molar-refractivity contribution in [3.63, 3.8) is 0 Å². The summed E-state index contributed by atoms with van der Waals surface area (Å²) >= 11 is 1.94. The van der Waals surface area contributed by atoms with Crippen molar-refractivity contribution in [2.75, 3.05) is 83.7 Å². The first kappa shape index (κ1) is 35.3. The molecule has 44 heavy (non-hydrogen) atoms. The fourth-order valence-electron chi connectivity index (χ4n) is 4.84. The molecule has 2 aliphatic rings. The maximum atomic E-state index is 12.0. The third-order valence-corrected chi connectivity index (χ3v) is 8.70. The van der Waals surface area contributed by atoms with E-state index in [2.05, 4.69) is 21.3 Å². The van der Waals surface area contributed by atoms with Gasteiger partial charge in [-0.05, 0) is 12.8 Å². The highest BCUT2D eigenvalue weighted by molar-refractivity contribution is 8.00. The van der Waals surface area contributed by atoms with Crippen molar-refractivity contribution >= 4 is 41.0 Å². The smallest absolute Gasteiger partial charge is 0.315 e. The van der Waals surface area contributed by atoms with Crippen LogP contribution in [0.25, 0.3) is 0 Å². The number of hydrogen-bond donors (Lipinski definition) is 6. The summed E-state index contributed by atoms with van der Waals surface area (Å²) in [6.45, 7) is 3.02. The van der Waals surface area contributed by atoms with Crippen molar-refractivity contribution in [2.24, 2.45) is 0 Å². The Morgan fingerprint density at radius 2 is 1.48 bits per heavy atom. The number of nitrogens with two attached hydrogens (primary N) is 2. The number of fused-ring (bicyclic) bond motifs is 1. The van der Waals surface area contributed by atoms with Crippen LogP contribution in [0.5, 0.6) is 11.5 Å². The standard InChI is InChI=1S/C29H48N6O8S/c1-39-23-16-20(30)21(31)17-24(23)43-18-27(37)33-9-11-41-13-15-42-14-12-40-10-8-32-26(36)7-5-3-2-4-6-25-28-22(19-44-25)34-29(38)35-28/h16-17,22,25,28H,2-15,18-19,30-31H2,1H3,(H,32,36)(H,33,37)(H2,34,35,38)/t22-,25-,28-/m0/s1. The lowest BCUT2D eigenvalue weighted by Crippen LogP contribution is -2.36. The largest absolute Gasteiger partial charge is 0.493 e. The van der Waals surface area contributed by atoms with Crippen molar-refractivity contribution in [3.05, 3.63) is 12.1 Å². The summed E-state index contributed by atoms with van der Waals surface area (Å²) < 4.78 is 27.0. The van der Waals surface area contributed by atoms with Crippen LogP contribution in [-0.2, 0) is 23.8 Å². The first-order valence-electron chi connectivity index (χ1n) is 15.2. The van der Waals surface area contributed by atoms with Crippen molar-refractivity contribution in [1.29, 1.82) is 0 Å². The van der Waals surface area contributed by atoms with Crippen molar-refractivity contribution in [2.45, 2.75) is 55.9 Å². The van der Waals surface area contributed by atoms with Crippen LogP contribution < -0.4 is 42.2 Å². The maximum Gasteiger partial charge on any atom is 0.315 e. The third-order valence-electron chi connectivity index (χ3n) is 7.19. The van der Waals surface area contributed by atoms with E-state index in [1.54, 1.807) is 6.07 Å². The van der Waals surface area contributed by atoms with E-state index in [1.165, 1.54) is 13.2 Å². The van der Waals surface area contributed by atoms with Crippen LogP contribution >= 0.6 is 11.8 Å². The molecule has 0 radical (unpaired) electrons. The molecule has 1 aromatic carbocycles. The van der Waals surface area contributed by atoms with Gasteiger partial charge in [0.25, 0.3) is 5.91 Å². The summed E-state index contributed by atoms with van der Waals surface area (Å²) in [4.78, 5) is 35.4. The number of rotatable bonds is 23. The predicted octanol–water partition coefficient (Wildman–Crippen LogP) is 1.03. The van der Waals surface area contributed by atoms with Crippen molar-refractivity contribution in [1.82, 2.24) is 21.3 Å². The molecule has 0 saturated carbocycles. The summed E-state index contributed by atoms with van der Waals surface area (Å²) in [5, 5.41) is 12.1. The number of carbonyl (C=O) groups excluding carboxylic acids is 3. The van der Waals surface area contributed by atoms with E-state index in [4.69, 9.17) is 35.2 Å². The lowest BCUT2D eigenvalue weighted by Gasteiger charge is -2.16. The molecule has 2 saturated heterocycles. The summed E-state index contributed by atoms with van der Waals surface area (Å²) in [5.74, 6) is 1.46. The first-order chi connectivity index (χ1) is 21.4. The van der Waals surface area contributed by atoms with Gasteiger partial charge in [-0.1, -0.05) is 19.3 Å². The zero-order chi connectivity index (χ0) is 31.6. The molecule has 248 valence electrons. The molecule has 8 N–H and O–H groups in total. The number of anilines is 2. The number of hydrogen-bond acceptors (Lipinski definition) is 11. The molecule has 0 aromatic heterocycles. The SMILES string of the molecule is COc1cc(N)c(N)cc1OCC(=O)NCCOCCOCCOCCNC(=O)CCCCCC[C@@H]1SC[C@@H]2NC(=O)N[C@@H]21. The van der Waals surface area contributed by atoms with Gasteiger partial charge < -0.3 is 56.4 Å². The third kappa shape index (κ3) is 12.8. The zero-order valence-electron chi connectivity index (χ0n) is 25.5. The van der Waals surface area contributed by atoms with E-state index in [9.17, 15) is 14.4 Å². The van der Waals surface area contributed by atoms with Gasteiger partial charge in [-0.3, -0.25) is 9.59 Å². The van der Waals surface area contributed by atoms with Crippen LogP contribution in [0.15, 0.2) is 12.1 Å². The van der Waals surface area contributed by atoms with Gasteiger partial charge in [-0.2, -0.15) is 11.8 Å². The number of nitrogens with one attached hydrogen (secondary N) is 4. The second-order valence-corrected chi connectivity index (χ2v) is 11.8. The minimum atomic E-state index is -0.307. The fourth-order valence-corrected chi connectivity index (χ4v) is 6.38. The first-order valence-corrected chi connectivity index (χ1v) is 16.2. The van der Waals surface area contributed by atoms with E-state index in [-0.39, 0.29) is 36.5 Å². The summed E-state index contributed by atoms with van der Waals surface area (Å²) in [5.41, 5.74) is 12.2. The number of benzene rings is 1. The molecular weight excluding hydrogens is 592 g/mol. The number of unbranched alkanes of at least 4 members (excludes halogenated alkanes) is 3. The molecule has 4 amide bonds. The van der Waals surface area contributed by atoms with Crippen LogP contribution in [-0.4, -0.2) is 107 Å². The molecule has 0 unspecified atom stereocenters. The molecule has 15 heteroatoms. The Kier molecular flexibility index (Phi) is 16.1. The van der Waals surface area contributed by atoms with Crippen LogP contribution in [0.4, 0.5) is 16.2 Å². The minimum absolute atomic E-state index is 0.0393. The van der Waals surface area contributed by atoms with E-state index in [0.717, 1.165) is 37.9 Å². The number of carbonyl (C=O) groups is 3. The number of thioether (sulfide) groups is 1. The molecule has 3 atom stereocenters. The number of nitrogen functional groups attached to an aromatic ring is 2. The Labute approximate surface area is 263 Å². The Balaban J connectivity index is 1.03. The normalized spacial score (nSPS) is 18.8. The van der Waals surface area contributed by atoms with Gasteiger partial charge in [0.1, 0.15) is 0 Å². The van der Waals surface area contributed by atoms with Crippen LogP contribution in [0.1, 0.15) is 38.5 Å². The second kappa shape index (κ2) is 20.0. The number of amides is 4. The maximum absolute atomic E-state index is 12.0. The molecule has 0 spiro atoms. The Morgan fingerprint density at radius 1 is 0.864 bits per heavy atom. The van der Waals surface area contributed by atoms with Gasteiger partial charge in [-0.15, -0.1) is 0 Å². The Morgan fingerprint density at radius 3 is 2.16 bits per heavy atom. The number of urea groups is 1. The fraction of sp³-hybridized carbons (Fsp3) is 0.690. The highest BCUT2D eigenvalue weighted by Gasteiger charge is 2.42. The topological polar surface area (TPSA) is 198 Å². The molecule has 0 bridgehead atoms. The van der Waals surface area contributed by atoms with Crippen LogP contribution in [0.3, 0.4) is 0 Å². The molecule has 2 fully saturated rings. The van der Waals surface area contributed by atoms with Crippen LogP contribution in [0, 0.1) is 0 Å². The second-order valence-electron chi connectivity index (χ2n) is 10.5. The van der Waals surface area contributed by atoms with Crippen molar-refractivity contribution < 1.29 is 38.1 Å². The van der Waals surface area contributed by atoms with E-state index in [0.29, 0.717) is 87.3 Å². The van der Waals surface area contributed by atoms with Crippen molar-refractivity contribution in [3.8, 4) is 11.5 Å². The van der Waals surface area contributed by atoms with Gasteiger partial charge in [0.2, 0.25) is 5.91 Å². The Bertz CT molecular complexity index is 1050. The van der Waals surface area contributed by atoms with Gasteiger partial charge in [0.15, 0.2) is 18.1 Å². The van der Waals surface area contributed by atoms with Gasteiger partial charge in [0.05, 0.1) is 70.2 Å².